The second kappa shape index (κ2) is 10.4. The van der Waals surface area contributed by atoms with Crippen molar-refractivity contribution >= 4 is 5.91 Å². The Bertz CT molecular complexity index is 1080. The van der Waals surface area contributed by atoms with E-state index in [0.29, 0.717) is 41.9 Å². The molecule has 0 bridgehead atoms. The van der Waals surface area contributed by atoms with Crippen LogP contribution in [0.2, 0.25) is 0 Å². The highest BCUT2D eigenvalue weighted by Crippen LogP contribution is 2.35. The maximum Gasteiger partial charge on any atom is 0.254 e. The summed E-state index contributed by atoms with van der Waals surface area (Å²) in [7, 11) is 3.16. The third-order valence-corrected chi connectivity index (χ3v) is 5.75. The van der Waals surface area contributed by atoms with Crippen molar-refractivity contribution in [1.82, 2.24) is 15.0 Å². The molecule has 2 heterocycles. The molecule has 0 N–H and O–H groups in total. The van der Waals surface area contributed by atoms with Crippen molar-refractivity contribution in [3.8, 4) is 28.6 Å². The fraction of sp³-hybridized carbons (Fsp3) is 0.400. The van der Waals surface area contributed by atoms with Gasteiger partial charge in [-0.25, -0.2) is 0 Å². The maximum absolute atomic E-state index is 13.2. The molecule has 1 aliphatic rings. The van der Waals surface area contributed by atoms with Crippen LogP contribution in [0.25, 0.3) is 11.4 Å². The lowest BCUT2D eigenvalue weighted by molar-refractivity contribution is 0.0710. The van der Waals surface area contributed by atoms with Crippen LogP contribution < -0.4 is 14.2 Å². The van der Waals surface area contributed by atoms with E-state index in [2.05, 4.69) is 17.1 Å². The third kappa shape index (κ3) is 4.94. The number of aromatic nitrogens is 2. The van der Waals surface area contributed by atoms with E-state index in [0.717, 1.165) is 37.0 Å². The fourth-order valence-corrected chi connectivity index (χ4v) is 3.92. The minimum Gasteiger partial charge on any atom is -0.494 e. The average Bonchev–Trinajstić information content (AvgIpc) is 3.53. The molecule has 0 radical (unpaired) electrons. The number of hydrogen-bond donors (Lipinski definition) is 0. The van der Waals surface area contributed by atoms with Crippen LogP contribution in [0, 0.1) is 0 Å². The first-order chi connectivity index (χ1) is 16.1. The number of ether oxygens (including phenoxy) is 3. The predicted octanol–water partition coefficient (Wildman–Crippen LogP) is 4.91. The van der Waals surface area contributed by atoms with Crippen molar-refractivity contribution in [2.75, 3.05) is 27.4 Å². The van der Waals surface area contributed by atoms with Crippen molar-refractivity contribution < 1.29 is 23.5 Å². The molecular weight excluding hydrogens is 422 g/mol. The Morgan fingerprint density at radius 1 is 1.12 bits per heavy atom. The Morgan fingerprint density at radius 3 is 2.64 bits per heavy atom. The van der Waals surface area contributed by atoms with Gasteiger partial charge in [0.05, 0.1) is 20.8 Å². The van der Waals surface area contributed by atoms with E-state index >= 15 is 0 Å². The van der Waals surface area contributed by atoms with Gasteiger partial charge in [-0.1, -0.05) is 18.5 Å². The van der Waals surface area contributed by atoms with Gasteiger partial charge in [0.25, 0.3) is 5.91 Å². The highest BCUT2D eigenvalue weighted by Gasteiger charge is 2.34. The van der Waals surface area contributed by atoms with Crippen molar-refractivity contribution in [1.29, 1.82) is 0 Å². The Balaban J connectivity index is 1.49. The van der Waals surface area contributed by atoms with Crippen molar-refractivity contribution in [2.24, 2.45) is 0 Å². The number of unbranched alkanes of at least 4 members (excludes halogenated alkanes) is 1. The molecular formula is C25H29N3O5. The first kappa shape index (κ1) is 22.6. The van der Waals surface area contributed by atoms with Crippen LogP contribution in [0.1, 0.15) is 54.9 Å². The molecule has 8 heteroatoms. The number of nitrogens with zero attached hydrogens (tertiary/aromatic N) is 3. The highest BCUT2D eigenvalue weighted by atomic mass is 16.5. The molecule has 4 rings (SSSR count). The Kier molecular flexibility index (Phi) is 7.12. The highest BCUT2D eigenvalue weighted by molar-refractivity contribution is 5.94. The average molecular weight is 452 g/mol. The minimum atomic E-state index is -0.251. The van der Waals surface area contributed by atoms with Crippen LogP contribution in [-0.4, -0.2) is 48.3 Å². The molecule has 1 aliphatic heterocycles. The lowest BCUT2D eigenvalue weighted by Gasteiger charge is -2.22. The molecule has 0 unspecified atom stereocenters. The number of benzene rings is 2. The van der Waals surface area contributed by atoms with Gasteiger partial charge in [0.1, 0.15) is 11.8 Å². The zero-order valence-electron chi connectivity index (χ0n) is 19.2. The minimum absolute atomic E-state index is 0.0523. The van der Waals surface area contributed by atoms with Gasteiger partial charge >= 0.3 is 0 Å². The zero-order chi connectivity index (χ0) is 23.2. The smallest absolute Gasteiger partial charge is 0.254 e. The number of carbonyl (C=O) groups excluding carboxylic acids is 1. The van der Waals surface area contributed by atoms with E-state index in [9.17, 15) is 4.79 Å². The van der Waals surface area contributed by atoms with Crippen molar-refractivity contribution in [3.05, 3.63) is 53.9 Å². The van der Waals surface area contributed by atoms with E-state index in [1.807, 2.05) is 30.3 Å². The van der Waals surface area contributed by atoms with Crippen molar-refractivity contribution in [3.63, 3.8) is 0 Å². The normalized spacial score (nSPS) is 15.5. The topological polar surface area (TPSA) is 86.9 Å². The van der Waals surface area contributed by atoms with E-state index < -0.39 is 0 Å². The number of rotatable bonds is 9. The maximum atomic E-state index is 13.2. The number of methoxy groups -OCH3 is 2. The molecule has 1 amide bonds. The van der Waals surface area contributed by atoms with Gasteiger partial charge in [0, 0.05) is 17.7 Å². The van der Waals surface area contributed by atoms with Gasteiger partial charge in [-0.05, 0) is 61.7 Å². The predicted molar refractivity (Wildman–Crippen MR) is 123 cm³/mol. The largest absolute Gasteiger partial charge is 0.494 e. The third-order valence-electron chi connectivity index (χ3n) is 5.75. The summed E-state index contributed by atoms with van der Waals surface area (Å²) in [6.07, 6.45) is 3.74. The van der Waals surface area contributed by atoms with Gasteiger partial charge in [-0.2, -0.15) is 4.98 Å². The SMILES string of the molecule is CCCCOc1ccc(C(=O)N2CCC[C@H]2c2nc(-c3ccc(OC)c(OC)c3)no2)cc1. The van der Waals surface area contributed by atoms with E-state index in [-0.39, 0.29) is 11.9 Å². The van der Waals surface area contributed by atoms with Gasteiger partial charge < -0.3 is 23.6 Å². The summed E-state index contributed by atoms with van der Waals surface area (Å²) in [4.78, 5) is 19.6. The molecule has 1 atom stereocenters. The monoisotopic (exact) mass is 451 g/mol. The van der Waals surface area contributed by atoms with Crippen LogP contribution in [0.3, 0.4) is 0 Å². The molecule has 1 aromatic heterocycles. The molecule has 0 spiro atoms. The summed E-state index contributed by atoms with van der Waals surface area (Å²) >= 11 is 0. The van der Waals surface area contributed by atoms with E-state index in [1.54, 1.807) is 31.3 Å². The lowest BCUT2D eigenvalue weighted by atomic mass is 10.1. The fourth-order valence-electron chi connectivity index (χ4n) is 3.92. The number of hydrogen-bond acceptors (Lipinski definition) is 7. The molecule has 1 saturated heterocycles. The summed E-state index contributed by atoms with van der Waals surface area (Å²) < 4.78 is 21.9. The second-order valence-corrected chi connectivity index (χ2v) is 7.91. The second-order valence-electron chi connectivity index (χ2n) is 7.91. The van der Waals surface area contributed by atoms with Gasteiger partial charge in [0.15, 0.2) is 11.5 Å². The van der Waals surface area contributed by atoms with Gasteiger partial charge in [-0.15, -0.1) is 0 Å². The molecule has 2 aromatic carbocycles. The van der Waals surface area contributed by atoms with Crippen molar-refractivity contribution in [2.45, 2.75) is 38.6 Å². The summed E-state index contributed by atoms with van der Waals surface area (Å²) in [5.41, 5.74) is 1.36. The lowest BCUT2D eigenvalue weighted by Crippen LogP contribution is -2.30. The Morgan fingerprint density at radius 2 is 1.91 bits per heavy atom. The zero-order valence-corrected chi connectivity index (χ0v) is 19.2. The summed E-state index contributed by atoms with van der Waals surface area (Å²) in [5, 5.41) is 4.14. The summed E-state index contributed by atoms with van der Waals surface area (Å²) in [5.74, 6) is 2.81. The molecule has 3 aromatic rings. The number of carbonyl (C=O) groups is 1. The van der Waals surface area contributed by atoms with Crippen LogP contribution in [0.4, 0.5) is 0 Å². The van der Waals surface area contributed by atoms with E-state index in [1.165, 1.54) is 0 Å². The molecule has 1 fully saturated rings. The van der Waals surface area contributed by atoms with Gasteiger partial charge in [0.2, 0.25) is 11.7 Å². The van der Waals surface area contributed by atoms with Crippen LogP contribution in [0.5, 0.6) is 17.2 Å². The number of amides is 1. The van der Waals surface area contributed by atoms with Crippen LogP contribution in [0.15, 0.2) is 47.0 Å². The van der Waals surface area contributed by atoms with E-state index in [4.69, 9.17) is 18.7 Å². The summed E-state index contributed by atoms with van der Waals surface area (Å²) in [6.45, 7) is 3.45. The molecule has 0 aliphatic carbocycles. The summed E-state index contributed by atoms with van der Waals surface area (Å²) in [6, 6.07) is 12.5. The standard InChI is InChI=1S/C25H29N3O5/c1-4-5-15-32-19-11-8-17(9-12-19)25(29)28-14-6-7-20(28)24-26-23(27-33-24)18-10-13-21(30-2)22(16-18)31-3/h8-13,16,20H,4-7,14-15H2,1-3H3/t20-/m0/s1. The molecule has 174 valence electrons. The number of likely N-dealkylation sites (tertiary alicyclic amines) is 1. The first-order valence-electron chi connectivity index (χ1n) is 11.2. The Labute approximate surface area is 193 Å². The first-order valence-corrected chi connectivity index (χ1v) is 11.2. The van der Waals surface area contributed by atoms with Crippen LogP contribution in [-0.2, 0) is 0 Å². The Hall–Kier alpha value is -3.55. The molecule has 8 nitrogen and oxygen atoms in total. The quantitative estimate of drug-likeness (QED) is 0.427. The molecule has 0 saturated carbocycles. The van der Waals surface area contributed by atoms with Crippen LogP contribution >= 0.6 is 0 Å². The van der Waals surface area contributed by atoms with Gasteiger partial charge in [-0.3, -0.25) is 4.79 Å². The molecule has 33 heavy (non-hydrogen) atoms.